The van der Waals surface area contributed by atoms with Gasteiger partial charge >= 0.3 is 0 Å². The summed E-state index contributed by atoms with van der Waals surface area (Å²) in [6, 6.07) is 6.29. The standard InChI is InChI=1S/C14H18BrN3/c1-3-4-14-17-7-8-18(14)11-5-6-12(10(2)16)13(15)9-11/h5-10H,3-4,16H2,1-2H3. The molecule has 2 rings (SSSR count). The Hall–Kier alpha value is -1.13. The molecule has 4 heteroatoms. The predicted octanol–water partition coefficient (Wildman–Crippen LogP) is 3.61. The van der Waals surface area contributed by atoms with Crippen molar-refractivity contribution in [1.82, 2.24) is 9.55 Å². The van der Waals surface area contributed by atoms with Crippen molar-refractivity contribution in [3.8, 4) is 5.69 Å². The zero-order valence-electron chi connectivity index (χ0n) is 10.7. The number of rotatable bonds is 4. The van der Waals surface area contributed by atoms with Crippen LogP contribution in [0, 0.1) is 0 Å². The highest BCUT2D eigenvalue weighted by molar-refractivity contribution is 9.10. The van der Waals surface area contributed by atoms with Gasteiger partial charge in [-0.05, 0) is 31.0 Å². The molecule has 0 aliphatic carbocycles. The second-order valence-corrected chi connectivity index (χ2v) is 5.31. The fourth-order valence-corrected chi connectivity index (χ4v) is 2.74. The van der Waals surface area contributed by atoms with E-state index in [0.29, 0.717) is 0 Å². The van der Waals surface area contributed by atoms with Gasteiger partial charge in [0, 0.05) is 35.0 Å². The summed E-state index contributed by atoms with van der Waals surface area (Å²) in [7, 11) is 0. The molecule has 0 aliphatic heterocycles. The minimum absolute atomic E-state index is 0.0336. The molecular formula is C14H18BrN3. The smallest absolute Gasteiger partial charge is 0.113 e. The molecule has 0 bridgehead atoms. The van der Waals surface area contributed by atoms with E-state index in [2.05, 4.69) is 50.6 Å². The van der Waals surface area contributed by atoms with Crippen LogP contribution in [-0.4, -0.2) is 9.55 Å². The van der Waals surface area contributed by atoms with Crippen LogP contribution in [0.3, 0.4) is 0 Å². The quantitative estimate of drug-likeness (QED) is 0.937. The largest absolute Gasteiger partial charge is 0.324 e. The van der Waals surface area contributed by atoms with Gasteiger partial charge in [0.25, 0.3) is 0 Å². The molecule has 2 aromatic rings. The van der Waals surface area contributed by atoms with Gasteiger partial charge in [0.2, 0.25) is 0 Å². The van der Waals surface area contributed by atoms with Crippen molar-refractivity contribution in [2.45, 2.75) is 32.7 Å². The van der Waals surface area contributed by atoms with Crippen LogP contribution in [0.5, 0.6) is 0 Å². The predicted molar refractivity (Wildman–Crippen MR) is 77.9 cm³/mol. The summed E-state index contributed by atoms with van der Waals surface area (Å²) in [6.45, 7) is 4.15. The van der Waals surface area contributed by atoms with Crippen molar-refractivity contribution in [1.29, 1.82) is 0 Å². The van der Waals surface area contributed by atoms with Gasteiger partial charge in [0.15, 0.2) is 0 Å². The summed E-state index contributed by atoms with van der Waals surface area (Å²) in [5, 5.41) is 0. The lowest BCUT2D eigenvalue weighted by Crippen LogP contribution is -2.07. The summed E-state index contributed by atoms with van der Waals surface area (Å²) < 4.78 is 3.17. The Morgan fingerprint density at radius 3 is 2.83 bits per heavy atom. The van der Waals surface area contributed by atoms with Crippen LogP contribution >= 0.6 is 15.9 Å². The molecule has 0 fully saturated rings. The van der Waals surface area contributed by atoms with Crippen molar-refractivity contribution in [3.63, 3.8) is 0 Å². The lowest BCUT2D eigenvalue weighted by molar-refractivity contribution is 0.800. The Bertz CT molecular complexity index is 532. The number of hydrogen-bond acceptors (Lipinski definition) is 2. The lowest BCUT2D eigenvalue weighted by Gasteiger charge is -2.12. The maximum atomic E-state index is 5.91. The summed E-state index contributed by atoms with van der Waals surface area (Å²) >= 11 is 3.58. The third kappa shape index (κ3) is 2.65. The van der Waals surface area contributed by atoms with Crippen molar-refractivity contribution in [3.05, 3.63) is 46.5 Å². The molecular weight excluding hydrogens is 290 g/mol. The van der Waals surface area contributed by atoms with Crippen LogP contribution in [-0.2, 0) is 6.42 Å². The van der Waals surface area contributed by atoms with Crippen LogP contribution in [0.4, 0.5) is 0 Å². The third-order valence-electron chi connectivity index (χ3n) is 2.94. The Labute approximate surface area is 116 Å². The highest BCUT2D eigenvalue weighted by atomic mass is 79.9. The van der Waals surface area contributed by atoms with Crippen molar-refractivity contribution < 1.29 is 0 Å². The van der Waals surface area contributed by atoms with E-state index in [1.54, 1.807) is 0 Å². The van der Waals surface area contributed by atoms with E-state index < -0.39 is 0 Å². The number of nitrogens with zero attached hydrogens (tertiary/aromatic N) is 2. The normalized spacial score (nSPS) is 12.7. The lowest BCUT2D eigenvalue weighted by atomic mass is 10.1. The summed E-state index contributed by atoms with van der Waals surface area (Å²) in [6.07, 6.45) is 5.92. The van der Waals surface area contributed by atoms with Gasteiger partial charge in [-0.25, -0.2) is 4.98 Å². The molecule has 0 amide bonds. The molecule has 0 saturated carbocycles. The van der Waals surface area contributed by atoms with Gasteiger partial charge in [-0.15, -0.1) is 0 Å². The van der Waals surface area contributed by atoms with E-state index in [1.165, 1.54) is 0 Å². The molecule has 2 N–H and O–H groups in total. The molecule has 1 aromatic heterocycles. The zero-order chi connectivity index (χ0) is 13.1. The number of benzene rings is 1. The van der Waals surface area contributed by atoms with Gasteiger partial charge in [-0.1, -0.05) is 28.9 Å². The van der Waals surface area contributed by atoms with Gasteiger partial charge in [0.1, 0.15) is 5.82 Å². The van der Waals surface area contributed by atoms with E-state index in [1.807, 2.05) is 19.3 Å². The topological polar surface area (TPSA) is 43.8 Å². The number of aromatic nitrogens is 2. The Morgan fingerprint density at radius 1 is 1.44 bits per heavy atom. The highest BCUT2D eigenvalue weighted by Gasteiger charge is 2.08. The Morgan fingerprint density at radius 2 is 2.22 bits per heavy atom. The minimum Gasteiger partial charge on any atom is -0.324 e. The summed E-state index contributed by atoms with van der Waals surface area (Å²) in [4.78, 5) is 4.39. The molecule has 3 nitrogen and oxygen atoms in total. The SMILES string of the molecule is CCCc1nccn1-c1ccc(C(C)N)c(Br)c1. The van der Waals surface area contributed by atoms with Gasteiger partial charge < -0.3 is 10.3 Å². The van der Waals surface area contributed by atoms with Crippen molar-refractivity contribution in [2.75, 3.05) is 0 Å². The first kappa shape index (κ1) is 13.3. The van der Waals surface area contributed by atoms with E-state index in [0.717, 1.165) is 34.4 Å². The first-order valence-electron chi connectivity index (χ1n) is 6.21. The monoisotopic (exact) mass is 307 g/mol. The minimum atomic E-state index is 0.0336. The number of hydrogen-bond donors (Lipinski definition) is 1. The maximum Gasteiger partial charge on any atom is 0.113 e. The van der Waals surface area contributed by atoms with Crippen molar-refractivity contribution >= 4 is 15.9 Å². The molecule has 18 heavy (non-hydrogen) atoms. The second-order valence-electron chi connectivity index (χ2n) is 4.46. The van der Waals surface area contributed by atoms with Gasteiger partial charge in [0.05, 0.1) is 0 Å². The van der Waals surface area contributed by atoms with Crippen LogP contribution in [0.15, 0.2) is 35.1 Å². The average molecular weight is 308 g/mol. The molecule has 0 radical (unpaired) electrons. The molecule has 1 atom stereocenters. The summed E-state index contributed by atoms with van der Waals surface area (Å²) in [5.74, 6) is 1.10. The number of aryl methyl sites for hydroxylation is 1. The maximum absolute atomic E-state index is 5.91. The molecule has 0 aliphatic rings. The second kappa shape index (κ2) is 5.67. The van der Waals surface area contributed by atoms with Gasteiger partial charge in [-0.2, -0.15) is 0 Å². The van der Waals surface area contributed by atoms with E-state index in [4.69, 9.17) is 5.73 Å². The number of nitrogens with two attached hydrogens (primary N) is 1. The third-order valence-corrected chi connectivity index (χ3v) is 3.63. The zero-order valence-corrected chi connectivity index (χ0v) is 12.3. The first-order chi connectivity index (χ1) is 8.63. The van der Waals surface area contributed by atoms with Gasteiger partial charge in [-0.3, -0.25) is 0 Å². The molecule has 0 spiro atoms. The molecule has 1 aromatic carbocycles. The summed E-state index contributed by atoms with van der Waals surface area (Å²) in [5.41, 5.74) is 8.15. The fourth-order valence-electron chi connectivity index (χ4n) is 2.01. The fraction of sp³-hybridized carbons (Fsp3) is 0.357. The van der Waals surface area contributed by atoms with Crippen LogP contribution in [0.25, 0.3) is 5.69 Å². The Balaban J connectivity index is 2.39. The molecule has 96 valence electrons. The van der Waals surface area contributed by atoms with E-state index in [9.17, 15) is 0 Å². The van der Waals surface area contributed by atoms with Crippen LogP contribution in [0.2, 0.25) is 0 Å². The number of halogens is 1. The highest BCUT2D eigenvalue weighted by Crippen LogP contribution is 2.25. The van der Waals surface area contributed by atoms with E-state index in [-0.39, 0.29) is 6.04 Å². The van der Waals surface area contributed by atoms with E-state index >= 15 is 0 Å². The van der Waals surface area contributed by atoms with Crippen LogP contribution < -0.4 is 5.73 Å². The molecule has 0 saturated heterocycles. The molecule has 1 unspecified atom stereocenters. The van der Waals surface area contributed by atoms with Crippen molar-refractivity contribution in [2.24, 2.45) is 5.73 Å². The Kier molecular flexibility index (Phi) is 4.19. The molecule has 1 heterocycles. The van der Waals surface area contributed by atoms with Crippen LogP contribution in [0.1, 0.15) is 37.7 Å². The first-order valence-corrected chi connectivity index (χ1v) is 7.00. The average Bonchev–Trinajstić information content (AvgIpc) is 2.77. The number of imidazole rings is 1.